The second-order valence-corrected chi connectivity index (χ2v) is 5.13. The Balaban J connectivity index is 6.10. The lowest BCUT2D eigenvalue weighted by Crippen LogP contribution is -2.61. The van der Waals surface area contributed by atoms with Crippen LogP contribution < -0.4 is 0 Å². The molecule has 0 saturated carbocycles. The van der Waals surface area contributed by atoms with Crippen molar-refractivity contribution >= 4 is 35.8 Å². The summed E-state index contributed by atoms with van der Waals surface area (Å²) < 4.78 is 4.06. The van der Waals surface area contributed by atoms with Gasteiger partial charge in [-0.2, -0.15) is 0 Å². The van der Waals surface area contributed by atoms with E-state index >= 15 is 0 Å². The monoisotopic (exact) mass is 398 g/mol. The molecule has 152 valence electrons. The smallest absolute Gasteiger partial charge is 0.352 e. The third kappa shape index (κ3) is 5.09. The maximum atomic E-state index is 11.9. The van der Waals surface area contributed by atoms with Gasteiger partial charge in [0.1, 0.15) is 0 Å². The molecule has 0 aliphatic rings. The molecule has 0 fully saturated rings. The van der Waals surface area contributed by atoms with Crippen LogP contribution in [-0.4, -0.2) is 100 Å². The molecule has 15 nitrogen and oxygen atoms in total. The van der Waals surface area contributed by atoms with Gasteiger partial charge in [-0.25, -0.2) is 19.2 Å². The average molecular weight is 398 g/mol. The van der Waals surface area contributed by atoms with E-state index in [1.165, 1.54) is 0 Å². The Bertz CT molecular complexity index is 668. The first kappa shape index (κ1) is 23.7. The minimum absolute atomic E-state index is 1.78. The normalized spacial score (nSPS) is 17.4. The Hall–Kier alpha value is -3.30. The highest BCUT2D eigenvalue weighted by Gasteiger charge is 2.58. The predicted molar refractivity (Wildman–Crippen MR) is 73.2 cm³/mol. The predicted octanol–water partition coefficient (Wildman–Crippen LogP) is -4.08. The standard InChI is InChI=1S/C12H14O15/c13-3(14)1-11(26,9(22)23)6(18)8(21)27-12(10(24)25,2-4(15)16)5(17)7(19)20/h5-6,17-18,26H,1-2H2,(H,13,14)(H,15,16)(H,19,20)(H,22,23)(H,24,25). The zero-order valence-electron chi connectivity index (χ0n) is 13.0. The molecule has 4 atom stereocenters. The van der Waals surface area contributed by atoms with Crippen LogP contribution >= 0.6 is 0 Å². The van der Waals surface area contributed by atoms with E-state index < -0.39 is 72.1 Å². The minimum Gasteiger partial charge on any atom is -0.481 e. The summed E-state index contributed by atoms with van der Waals surface area (Å²) in [6.45, 7) is 0. The van der Waals surface area contributed by atoms with Gasteiger partial charge in [0.2, 0.25) is 11.7 Å². The molecule has 0 saturated heterocycles. The Morgan fingerprint density at radius 2 is 1.19 bits per heavy atom. The number of carboxylic acids is 5. The molecule has 0 radical (unpaired) electrons. The Morgan fingerprint density at radius 1 is 0.741 bits per heavy atom. The summed E-state index contributed by atoms with van der Waals surface area (Å²) in [6.07, 6.45) is -10.1. The van der Waals surface area contributed by atoms with Crippen LogP contribution in [0.5, 0.6) is 0 Å². The van der Waals surface area contributed by atoms with Gasteiger partial charge in [-0.1, -0.05) is 0 Å². The van der Waals surface area contributed by atoms with Crippen LogP contribution in [0.3, 0.4) is 0 Å². The fraction of sp³-hybridized carbons (Fsp3) is 0.500. The van der Waals surface area contributed by atoms with Gasteiger partial charge in [0.05, 0.1) is 12.8 Å². The highest BCUT2D eigenvalue weighted by Crippen LogP contribution is 2.26. The fourth-order valence-electron chi connectivity index (χ4n) is 1.80. The summed E-state index contributed by atoms with van der Waals surface area (Å²) in [7, 11) is 0. The molecule has 0 amide bonds. The molecule has 0 rings (SSSR count). The second-order valence-electron chi connectivity index (χ2n) is 5.13. The van der Waals surface area contributed by atoms with E-state index in [2.05, 4.69) is 4.74 Å². The highest BCUT2D eigenvalue weighted by atomic mass is 16.6. The van der Waals surface area contributed by atoms with Gasteiger partial charge in [0, 0.05) is 0 Å². The van der Waals surface area contributed by atoms with Crippen LogP contribution in [-0.2, 0) is 33.5 Å². The van der Waals surface area contributed by atoms with Crippen LogP contribution in [0.2, 0.25) is 0 Å². The molecule has 0 heterocycles. The van der Waals surface area contributed by atoms with Crippen molar-refractivity contribution in [1.29, 1.82) is 0 Å². The van der Waals surface area contributed by atoms with Crippen LogP contribution in [0.15, 0.2) is 0 Å². The van der Waals surface area contributed by atoms with Gasteiger partial charge in [-0.05, 0) is 0 Å². The van der Waals surface area contributed by atoms with E-state index in [0.29, 0.717) is 0 Å². The van der Waals surface area contributed by atoms with Crippen molar-refractivity contribution in [1.82, 2.24) is 0 Å². The summed E-state index contributed by atoms with van der Waals surface area (Å²) in [5.41, 5.74) is -7.48. The second kappa shape index (κ2) is 8.39. The van der Waals surface area contributed by atoms with Gasteiger partial charge < -0.3 is 45.6 Å². The van der Waals surface area contributed by atoms with E-state index in [9.17, 15) is 44.1 Å². The summed E-state index contributed by atoms with van der Waals surface area (Å²) >= 11 is 0. The Morgan fingerprint density at radius 3 is 1.48 bits per heavy atom. The molecule has 0 aliphatic heterocycles. The number of hydrogen-bond acceptors (Lipinski definition) is 10. The number of carbonyl (C=O) groups excluding carboxylic acids is 1. The van der Waals surface area contributed by atoms with Gasteiger partial charge in [0.15, 0.2) is 6.10 Å². The zero-order valence-corrected chi connectivity index (χ0v) is 13.0. The number of carboxylic acid groups (broad SMARTS) is 5. The van der Waals surface area contributed by atoms with Crippen molar-refractivity contribution in [3.63, 3.8) is 0 Å². The molecule has 8 N–H and O–H groups in total. The molecule has 0 aromatic heterocycles. The summed E-state index contributed by atoms with van der Waals surface area (Å²) in [5.74, 6) is -13.8. The van der Waals surface area contributed by atoms with E-state index in [1.54, 1.807) is 0 Å². The average Bonchev–Trinajstić information content (AvgIpc) is 2.50. The first-order valence-corrected chi connectivity index (χ1v) is 6.56. The van der Waals surface area contributed by atoms with Crippen molar-refractivity contribution in [3.8, 4) is 0 Å². The lowest BCUT2D eigenvalue weighted by molar-refractivity contribution is -0.215. The SMILES string of the molecule is O=C(O)CC(O)(C(=O)O)C(O)C(=O)OC(CC(=O)O)(C(=O)O)C(O)C(=O)O. The molecule has 0 bridgehead atoms. The maximum absolute atomic E-state index is 11.9. The molecule has 0 spiro atoms. The molecule has 0 aliphatic carbocycles. The number of aliphatic carboxylic acids is 5. The minimum atomic E-state index is -3.75. The van der Waals surface area contributed by atoms with Crippen molar-refractivity contribution in [2.45, 2.75) is 36.3 Å². The number of esters is 1. The number of ether oxygens (including phenoxy) is 1. The lowest BCUT2D eigenvalue weighted by atomic mass is 9.90. The van der Waals surface area contributed by atoms with Crippen LogP contribution in [0.25, 0.3) is 0 Å². The van der Waals surface area contributed by atoms with Gasteiger partial charge in [-0.3, -0.25) is 9.59 Å². The topological polar surface area (TPSA) is 273 Å². The van der Waals surface area contributed by atoms with Gasteiger partial charge in [-0.15, -0.1) is 0 Å². The number of hydrogen-bond donors (Lipinski definition) is 8. The molecule has 0 aromatic rings. The molecular formula is C12H14O15. The quantitative estimate of drug-likeness (QED) is 0.154. The summed E-state index contributed by atoms with van der Waals surface area (Å²) in [4.78, 5) is 66.4. The van der Waals surface area contributed by atoms with E-state index in [4.69, 9.17) is 25.5 Å². The maximum Gasteiger partial charge on any atom is 0.352 e. The zero-order chi connectivity index (χ0) is 21.7. The first-order chi connectivity index (χ1) is 12.1. The molecule has 0 aromatic carbocycles. The molecule has 4 unspecified atom stereocenters. The van der Waals surface area contributed by atoms with Crippen LogP contribution in [0, 0.1) is 0 Å². The lowest BCUT2D eigenvalue weighted by Gasteiger charge is -2.33. The Kier molecular flexibility index (Phi) is 7.36. The number of aliphatic hydroxyl groups is 3. The van der Waals surface area contributed by atoms with Crippen molar-refractivity contribution in [2.75, 3.05) is 0 Å². The fourth-order valence-corrected chi connectivity index (χ4v) is 1.80. The highest BCUT2D eigenvalue weighted by molar-refractivity contribution is 5.96. The third-order valence-corrected chi connectivity index (χ3v) is 3.20. The molecular weight excluding hydrogens is 384 g/mol. The van der Waals surface area contributed by atoms with Crippen LogP contribution in [0.4, 0.5) is 0 Å². The largest absolute Gasteiger partial charge is 0.481 e. The molecule has 27 heavy (non-hydrogen) atoms. The number of aliphatic hydroxyl groups excluding tert-OH is 2. The van der Waals surface area contributed by atoms with E-state index in [1.807, 2.05) is 0 Å². The van der Waals surface area contributed by atoms with E-state index in [0.717, 1.165) is 0 Å². The first-order valence-electron chi connectivity index (χ1n) is 6.56. The Labute approximate surface area is 147 Å². The molecule has 15 heteroatoms. The van der Waals surface area contributed by atoms with Gasteiger partial charge >= 0.3 is 35.8 Å². The van der Waals surface area contributed by atoms with Crippen molar-refractivity contribution in [2.24, 2.45) is 0 Å². The number of rotatable bonds is 11. The summed E-state index contributed by atoms with van der Waals surface area (Å²) in [6, 6.07) is 0. The van der Waals surface area contributed by atoms with Crippen molar-refractivity contribution < 1.29 is 74.4 Å². The van der Waals surface area contributed by atoms with Crippen LogP contribution in [0.1, 0.15) is 12.8 Å². The summed E-state index contributed by atoms with van der Waals surface area (Å²) in [5, 5.41) is 72.6. The third-order valence-electron chi connectivity index (χ3n) is 3.20. The van der Waals surface area contributed by atoms with Crippen molar-refractivity contribution in [3.05, 3.63) is 0 Å². The van der Waals surface area contributed by atoms with E-state index in [-0.39, 0.29) is 0 Å². The number of carbonyl (C=O) groups is 6. The van der Waals surface area contributed by atoms with Gasteiger partial charge in [0.25, 0.3) is 5.60 Å².